The molecule has 1 amide bonds. The number of nitrogens with one attached hydrogen (secondary N) is 1. The Balaban J connectivity index is 0.00000208. The van der Waals surface area contributed by atoms with Crippen molar-refractivity contribution in [2.24, 2.45) is 0 Å². The second-order valence-corrected chi connectivity index (χ2v) is 6.70. The molecule has 0 radical (unpaired) electrons. The maximum Gasteiger partial charge on any atom is 0.259 e. The molecule has 1 aliphatic heterocycles. The fourth-order valence-electron chi connectivity index (χ4n) is 3.16. The van der Waals surface area contributed by atoms with Gasteiger partial charge in [0.15, 0.2) is 0 Å². The summed E-state index contributed by atoms with van der Waals surface area (Å²) in [5, 5.41) is 8.30. The Bertz CT molecular complexity index is 744. The van der Waals surface area contributed by atoms with Crippen LogP contribution in [0.5, 0.6) is 0 Å². The molecule has 7 heteroatoms. The van der Waals surface area contributed by atoms with Gasteiger partial charge in [-0.3, -0.25) is 4.79 Å². The summed E-state index contributed by atoms with van der Waals surface area (Å²) in [5.74, 6) is 0.207. The predicted octanol–water partition coefficient (Wildman–Crippen LogP) is 2.90. The van der Waals surface area contributed by atoms with E-state index in [-0.39, 0.29) is 36.3 Å². The van der Waals surface area contributed by atoms with E-state index in [4.69, 9.17) is 4.52 Å². The summed E-state index contributed by atoms with van der Waals surface area (Å²) in [6, 6.07) is 2.27. The van der Waals surface area contributed by atoms with Crippen molar-refractivity contribution in [2.45, 2.75) is 52.6 Å². The van der Waals surface area contributed by atoms with Crippen molar-refractivity contribution >= 4 is 29.4 Å². The minimum Gasteiger partial charge on any atom is -0.335 e. The van der Waals surface area contributed by atoms with Crippen molar-refractivity contribution < 1.29 is 9.32 Å². The van der Waals surface area contributed by atoms with Crippen LogP contribution in [0.3, 0.4) is 0 Å². The summed E-state index contributed by atoms with van der Waals surface area (Å²) in [5.41, 5.74) is 2.67. The molecule has 1 aliphatic rings. The third kappa shape index (κ3) is 3.13. The highest BCUT2D eigenvalue weighted by molar-refractivity contribution is 6.06. The average Bonchev–Trinajstić information content (AvgIpc) is 2.92. The van der Waals surface area contributed by atoms with Crippen LogP contribution in [-0.2, 0) is 0 Å². The van der Waals surface area contributed by atoms with E-state index < -0.39 is 0 Å². The number of nitrogens with zero attached hydrogens (tertiary/aromatic N) is 3. The van der Waals surface area contributed by atoms with Crippen molar-refractivity contribution in [1.82, 2.24) is 20.4 Å². The van der Waals surface area contributed by atoms with Crippen LogP contribution in [-0.4, -0.2) is 46.1 Å². The van der Waals surface area contributed by atoms with E-state index in [9.17, 15) is 4.79 Å². The first kappa shape index (κ1) is 18.7. The number of pyridine rings is 1. The number of aromatic nitrogens is 2. The molecular formula is C17H25ClN4O2. The number of amides is 1. The van der Waals surface area contributed by atoms with Gasteiger partial charge < -0.3 is 14.7 Å². The van der Waals surface area contributed by atoms with Crippen LogP contribution >= 0.6 is 12.4 Å². The standard InChI is InChI=1S/C17H24N4O2.ClH/c1-9(2)15-14-13(8-10(3)19-16(14)23-20-15)17(22)21-7-6-18-11(4)12(21)5;/h8-9,11-12,18H,6-7H2,1-5H3;1H. The molecule has 6 nitrogen and oxygen atoms in total. The van der Waals surface area contributed by atoms with Gasteiger partial charge in [-0.25, -0.2) is 4.98 Å². The first-order valence-electron chi connectivity index (χ1n) is 8.21. The molecule has 1 saturated heterocycles. The molecule has 0 aromatic carbocycles. The van der Waals surface area contributed by atoms with Gasteiger partial charge >= 0.3 is 0 Å². The monoisotopic (exact) mass is 352 g/mol. The predicted molar refractivity (Wildman–Crippen MR) is 95.8 cm³/mol. The smallest absolute Gasteiger partial charge is 0.259 e. The molecule has 24 heavy (non-hydrogen) atoms. The number of carbonyl (C=O) groups excluding carboxylic acids is 1. The van der Waals surface area contributed by atoms with E-state index in [1.54, 1.807) is 0 Å². The Hall–Kier alpha value is -1.66. The number of hydrogen-bond acceptors (Lipinski definition) is 5. The molecule has 2 aromatic heterocycles. The van der Waals surface area contributed by atoms with E-state index in [1.165, 1.54) is 0 Å². The molecule has 1 fully saturated rings. The highest BCUT2D eigenvalue weighted by Crippen LogP contribution is 2.29. The van der Waals surface area contributed by atoms with Crippen LogP contribution < -0.4 is 5.32 Å². The lowest BCUT2D eigenvalue weighted by Crippen LogP contribution is -2.57. The zero-order valence-electron chi connectivity index (χ0n) is 14.8. The Kier molecular flexibility index (Phi) is 5.50. The number of rotatable bonds is 2. The van der Waals surface area contributed by atoms with E-state index >= 15 is 0 Å². The average molecular weight is 353 g/mol. The quantitative estimate of drug-likeness (QED) is 0.899. The molecule has 3 heterocycles. The molecule has 0 aliphatic carbocycles. The van der Waals surface area contributed by atoms with Crippen LogP contribution in [0.15, 0.2) is 10.6 Å². The Morgan fingerprint density at radius 2 is 2.12 bits per heavy atom. The number of hydrogen-bond donors (Lipinski definition) is 1. The summed E-state index contributed by atoms with van der Waals surface area (Å²) < 4.78 is 5.37. The number of fused-ring (bicyclic) bond motifs is 1. The van der Waals surface area contributed by atoms with E-state index in [0.29, 0.717) is 17.8 Å². The fourth-order valence-corrected chi connectivity index (χ4v) is 3.16. The van der Waals surface area contributed by atoms with E-state index in [2.05, 4.69) is 29.3 Å². The van der Waals surface area contributed by atoms with Gasteiger partial charge in [-0.15, -0.1) is 12.4 Å². The molecule has 0 saturated carbocycles. The van der Waals surface area contributed by atoms with E-state index in [1.807, 2.05) is 31.7 Å². The minimum absolute atomic E-state index is 0. The Labute approximate surface area is 148 Å². The Morgan fingerprint density at radius 1 is 1.42 bits per heavy atom. The summed E-state index contributed by atoms with van der Waals surface area (Å²) >= 11 is 0. The van der Waals surface area contributed by atoms with Gasteiger partial charge in [0.2, 0.25) is 0 Å². The van der Waals surface area contributed by atoms with Gasteiger partial charge in [0, 0.05) is 30.9 Å². The van der Waals surface area contributed by atoms with E-state index in [0.717, 1.165) is 23.3 Å². The highest BCUT2D eigenvalue weighted by Gasteiger charge is 2.31. The second-order valence-electron chi connectivity index (χ2n) is 6.70. The molecule has 1 N–H and O–H groups in total. The van der Waals surface area contributed by atoms with Crippen molar-refractivity contribution in [3.8, 4) is 0 Å². The third-order valence-electron chi connectivity index (χ3n) is 4.67. The molecular weight excluding hydrogens is 328 g/mol. The van der Waals surface area contributed by atoms with Crippen LogP contribution in [0.1, 0.15) is 55.4 Å². The molecule has 0 spiro atoms. The fraction of sp³-hybridized carbons (Fsp3) is 0.588. The zero-order chi connectivity index (χ0) is 16.7. The molecule has 0 bridgehead atoms. The largest absolute Gasteiger partial charge is 0.335 e. The molecule has 132 valence electrons. The lowest BCUT2D eigenvalue weighted by atomic mass is 10.00. The van der Waals surface area contributed by atoms with Crippen LogP contribution in [0.25, 0.3) is 11.1 Å². The number of piperazine rings is 1. The van der Waals surface area contributed by atoms with Gasteiger partial charge in [-0.2, -0.15) is 0 Å². The number of carbonyl (C=O) groups is 1. The van der Waals surface area contributed by atoms with Gasteiger partial charge in [-0.1, -0.05) is 19.0 Å². The first-order chi connectivity index (χ1) is 10.9. The summed E-state index contributed by atoms with van der Waals surface area (Å²) in [7, 11) is 0. The van der Waals surface area contributed by atoms with Crippen LogP contribution in [0, 0.1) is 6.92 Å². The molecule has 2 atom stereocenters. The summed E-state index contributed by atoms with van der Waals surface area (Å²) in [6.07, 6.45) is 0. The SMILES string of the molecule is Cc1cc(C(=O)N2CCNC(C)C2C)c2c(C(C)C)noc2n1.Cl. The zero-order valence-corrected chi connectivity index (χ0v) is 15.6. The second kappa shape index (κ2) is 7.07. The lowest BCUT2D eigenvalue weighted by Gasteiger charge is -2.38. The summed E-state index contributed by atoms with van der Waals surface area (Å²) in [6.45, 7) is 11.7. The summed E-state index contributed by atoms with van der Waals surface area (Å²) in [4.78, 5) is 19.5. The number of halogens is 1. The molecule has 2 unspecified atom stereocenters. The maximum atomic E-state index is 13.2. The molecule has 3 rings (SSSR count). The Morgan fingerprint density at radius 3 is 2.79 bits per heavy atom. The van der Waals surface area contributed by atoms with Crippen molar-refractivity contribution in [3.05, 3.63) is 23.0 Å². The van der Waals surface area contributed by atoms with Crippen molar-refractivity contribution in [2.75, 3.05) is 13.1 Å². The van der Waals surface area contributed by atoms with Gasteiger partial charge in [0.1, 0.15) is 0 Å². The maximum absolute atomic E-state index is 13.2. The van der Waals surface area contributed by atoms with Gasteiger partial charge in [-0.05, 0) is 32.8 Å². The first-order valence-corrected chi connectivity index (χ1v) is 8.21. The van der Waals surface area contributed by atoms with Gasteiger partial charge in [0.25, 0.3) is 11.6 Å². The molecule has 2 aromatic rings. The minimum atomic E-state index is 0. The number of aryl methyl sites for hydroxylation is 1. The van der Waals surface area contributed by atoms with Crippen molar-refractivity contribution in [1.29, 1.82) is 0 Å². The van der Waals surface area contributed by atoms with Crippen molar-refractivity contribution in [3.63, 3.8) is 0 Å². The van der Waals surface area contributed by atoms with Crippen LogP contribution in [0.2, 0.25) is 0 Å². The van der Waals surface area contributed by atoms with Crippen LogP contribution in [0.4, 0.5) is 0 Å². The normalized spacial score (nSPS) is 21.2. The lowest BCUT2D eigenvalue weighted by molar-refractivity contribution is 0.0604. The topological polar surface area (TPSA) is 71.3 Å². The van der Waals surface area contributed by atoms with Gasteiger partial charge in [0.05, 0.1) is 16.6 Å². The third-order valence-corrected chi connectivity index (χ3v) is 4.67. The highest BCUT2D eigenvalue weighted by atomic mass is 35.5.